The summed E-state index contributed by atoms with van der Waals surface area (Å²) in [5.74, 6) is -1.23. The van der Waals surface area contributed by atoms with Gasteiger partial charge in [-0.2, -0.15) is 0 Å². The van der Waals surface area contributed by atoms with Gasteiger partial charge in [-0.3, -0.25) is 24.6 Å². The van der Waals surface area contributed by atoms with Crippen LogP contribution < -0.4 is 4.74 Å². The lowest BCUT2D eigenvalue weighted by Gasteiger charge is -2.29. The maximum atomic E-state index is 13.2. The molecule has 2 aromatic rings. The number of morpholine rings is 1. The molecule has 0 spiro atoms. The van der Waals surface area contributed by atoms with Crippen molar-refractivity contribution in [3.05, 3.63) is 75.3 Å². The van der Waals surface area contributed by atoms with Crippen molar-refractivity contribution >= 4 is 23.1 Å². The Kier molecular flexibility index (Phi) is 9.09. The zero-order valence-corrected chi connectivity index (χ0v) is 21.5. The number of nitrogens with zero attached hydrogens (tertiary/aromatic N) is 3. The fourth-order valence-electron chi connectivity index (χ4n) is 4.75. The molecule has 0 bridgehead atoms. The highest BCUT2D eigenvalue weighted by atomic mass is 16.6. The summed E-state index contributed by atoms with van der Waals surface area (Å²) < 4.78 is 11.1. The molecule has 2 fully saturated rings. The van der Waals surface area contributed by atoms with Crippen LogP contribution in [0, 0.1) is 10.1 Å². The largest absolute Gasteiger partial charge is 0.507 e. The van der Waals surface area contributed by atoms with E-state index in [1.807, 2.05) is 0 Å². The first-order chi connectivity index (χ1) is 18.4. The van der Waals surface area contributed by atoms with Crippen molar-refractivity contribution < 1.29 is 29.1 Å². The second kappa shape index (κ2) is 12.7. The molecule has 0 radical (unpaired) electrons. The number of amides is 1. The van der Waals surface area contributed by atoms with Crippen molar-refractivity contribution in [1.82, 2.24) is 9.80 Å². The molecule has 10 heteroatoms. The lowest BCUT2D eigenvalue weighted by molar-refractivity contribution is -0.384. The number of nitro benzene ring substituents is 1. The number of nitro groups is 1. The lowest BCUT2D eigenvalue weighted by Crippen LogP contribution is -2.39. The van der Waals surface area contributed by atoms with Crippen molar-refractivity contribution in [3.8, 4) is 5.75 Å². The van der Waals surface area contributed by atoms with Gasteiger partial charge in [-0.05, 0) is 42.7 Å². The van der Waals surface area contributed by atoms with Crippen LogP contribution in [0.25, 0.3) is 5.76 Å². The molecule has 1 amide bonds. The SMILES string of the molecule is CCCCOc1ccc(/C(O)=C2\C(=O)C(=O)N(CCCN3CCOCC3)C2c2cccc([N+](=O)[O-])c2)cc1. The van der Waals surface area contributed by atoms with E-state index in [0.29, 0.717) is 49.7 Å². The molecule has 1 N–H and O–H groups in total. The molecule has 10 nitrogen and oxygen atoms in total. The number of hydrogen-bond acceptors (Lipinski definition) is 8. The number of carbonyl (C=O) groups excluding carboxylic acids is 2. The van der Waals surface area contributed by atoms with E-state index in [9.17, 15) is 24.8 Å². The fourth-order valence-corrected chi connectivity index (χ4v) is 4.75. The third kappa shape index (κ3) is 6.20. The first-order valence-electron chi connectivity index (χ1n) is 13.0. The average molecular weight is 524 g/mol. The Morgan fingerprint density at radius 3 is 2.53 bits per heavy atom. The first kappa shape index (κ1) is 27.3. The van der Waals surface area contributed by atoms with Gasteiger partial charge in [-0.25, -0.2) is 0 Å². The smallest absolute Gasteiger partial charge is 0.295 e. The average Bonchev–Trinajstić information content (AvgIpc) is 3.19. The van der Waals surface area contributed by atoms with E-state index < -0.39 is 22.7 Å². The van der Waals surface area contributed by atoms with E-state index in [0.717, 1.165) is 25.9 Å². The van der Waals surface area contributed by atoms with Crippen molar-refractivity contribution in [1.29, 1.82) is 0 Å². The highest BCUT2D eigenvalue weighted by molar-refractivity contribution is 6.46. The molecule has 0 saturated carbocycles. The summed E-state index contributed by atoms with van der Waals surface area (Å²) in [5.41, 5.74) is 0.511. The van der Waals surface area contributed by atoms with E-state index >= 15 is 0 Å². The first-order valence-corrected chi connectivity index (χ1v) is 13.0. The van der Waals surface area contributed by atoms with Crippen molar-refractivity contribution in [3.63, 3.8) is 0 Å². The molecule has 0 aromatic heterocycles. The minimum absolute atomic E-state index is 0.0819. The quantitative estimate of drug-likeness (QED) is 0.117. The topological polar surface area (TPSA) is 122 Å². The maximum Gasteiger partial charge on any atom is 0.295 e. The molecule has 0 aliphatic carbocycles. The normalized spacial score (nSPS) is 19.6. The molecule has 2 saturated heterocycles. The van der Waals surface area contributed by atoms with Crippen LogP contribution in [0.5, 0.6) is 5.75 Å². The summed E-state index contributed by atoms with van der Waals surface area (Å²) in [5, 5.41) is 22.7. The van der Waals surface area contributed by atoms with Gasteiger partial charge in [0.1, 0.15) is 11.5 Å². The summed E-state index contributed by atoms with van der Waals surface area (Å²) >= 11 is 0. The number of hydrogen-bond donors (Lipinski definition) is 1. The van der Waals surface area contributed by atoms with Gasteiger partial charge in [0.05, 0.1) is 36.4 Å². The van der Waals surface area contributed by atoms with Gasteiger partial charge < -0.3 is 19.5 Å². The van der Waals surface area contributed by atoms with E-state index in [2.05, 4.69) is 11.8 Å². The number of rotatable bonds is 11. The minimum Gasteiger partial charge on any atom is -0.507 e. The standard InChI is InChI=1S/C28H33N3O7/c1-2-3-16-38-23-10-8-20(9-11-23)26(32)24-25(21-6-4-7-22(19-21)31(35)36)30(28(34)27(24)33)13-5-12-29-14-17-37-18-15-29/h4,6-11,19,25,32H,2-3,5,12-18H2,1H3/b26-24+. The summed E-state index contributed by atoms with van der Waals surface area (Å²) in [6.07, 6.45) is 2.52. The number of non-ortho nitro benzene ring substituents is 1. The Hall–Kier alpha value is -3.76. The van der Waals surface area contributed by atoms with Crippen LogP contribution in [-0.2, 0) is 14.3 Å². The molecule has 2 aliphatic rings. The number of Topliss-reactive ketones (excluding diaryl/α,β-unsaturated/α-hetero) is 1. The van der Waals surface area contributed by atoms with Crippen LogP contribution in [0.4, 0.5) is 5.69 Å². The number of aliphatic hydroxyl groups excluding tert-OH is 1. The van der Waals surface area contributed by atoms with Crippen molar-refractivity contribution in [2.45, 2.75) is 32.2 Å². The van der Waals surface area contributed by atoms with Crippen LogP contribution in [0.3, 0.4) is 0 Å². The molecule has 38 heavy (non-hydrogen) atoms. The van der Waals surface area contributed by atoms with E-state index in [1.54, 1.807) is 30.3 Å². The van der Waals surface area contributed by atoms with Gasteiger partial charge in [-0.15, -0.1) is 0 Å². The molecule has 202 valence electrons. The monoisotopic (exact) mass is 523 g/mol. The number of unbranched alkanes of at least 4 members (excludes halogenated alkanes) is 1. The molecule has 1 unspecified atom stereocenters. The molecular weight excluding hydrogens is 490 g/mol. The van der Waals surface area contributed by atoms with Gasteiger partial charge in [0.2, 0.25) is 0 Å². The predicted octanol–water partition coefficient (Wildman–Crippen LogP) is 3.92. The van der Waals surface area contributed by atoms with Gasteiger partial charge >= 0.3 is 0 Å². The molecule has 2 heterocycles. The molecule has 2 aromatic carbocycles. The van der Waals surface area contributed by atoms with Crippen molar-refractivity contribution in [2.24, 2.45) is 0 Å². The van der Waals surface area contributed by atoms with E-state index in [1.165, 1.54) is 23.1 Å². The van der Waals surface area contributed by atoms with Crippen molar-refractivity contribution in [2.75, 3.05) is 46.0 Å². The van der Waals surface area contributed by atoms with E-state index in [4.69, 9.17) is 9.47 Å². The van der Waals surface area contributed by atoms with Gasteiger partial charge in [0, 0.05) is 43.9 Å². The number of aliphatic hydroxyl groups is 1. The zero-order valence-electron chi connectivity index (χ0n) is 21.5. The van der Waals surface area contributed by atoms with Gasteiger partial charge in [-0.1, -0.05) is 25.5 Å². The summed E-state index contributed by atoms with van der Waals surface area (Å²) in [4.78, 5) is 41.0. The number of ether oxygens (including phenoxy) is 2. The second-order valence-corrected chi connectivity index (χ2v) is 9.38. The second-order valence-electron chi connectivity index (χ2n) is 9.38. The molecule has 2 aliphatic heterocycles. The highest BCUT2D eigenvalue weighted by Gasteiger charge is 2.46. The predicted molar refractivity (Wildman–Crippen MR) is 141 cm³/mol. The number of likely N-dealkylation sites (tertiary alicyclic amines) is 1. The van der Waals surface area contributed by atoms with E-state index in [-0.39, 0.29) is 23.6 Å². The zero-order chi connectivity index (χ0) is 27.1. The van der Waals surface area contributed by atoms with Crippen LogP contribution in [0.2, 0.25) is 0 Å². The molecular formula is C28H33N3O7. The third-order valence-corrected chi connectivity index (χ3v) is 6.81. The Morgan fingerprint density at radius 1 is 1.11 bits per heavy atom. The van der Waals surface area contributed by atoms with Gasteiger partial charge in [0.15, 0.2) is 0 Å². The summed E-state index contributed by atoms with van der Waals surface area (Å²) in [7, 11) is 0. The summed E-state index contributed by atoms with van der Waals surface area (Å²) in [6.45, 7) is 6.52. The summed E-state index contributed by atoms with van der Waals surface area (Å²) in [6, 6.07) is 11.6. The van der Waals surface area contributed by atoms with Crippen LogP contribution >= 0.6 is 0 Å². The third-order valence-electron chi connectivity index (χ3n) is 6.81. The highest BCUT2D eigenvalue weighted by Crippen LogP contribution is 2.40. The number of benzene rings is 2. The van der Waals surface area contributed by atoms with Crippen LogP contribution in [0.15, 0.2) is 54.1 Å². The number of ketones is 1. The van der Waals surface area contributed by atoms with Crippen LogP contribution in [-0.4, -0.2) is 77.5 Å². The lowest BCUT2D eigenvalue weighted by atomic mass is 9.95. The fraction of sp³-hybridized carbons (Fsp3) is 0.429. The minimum atomic E-state index is -0.944. The molecule has 4 rings (SSSR count). The Labute approximate surface area is 221 Å². The maximum absolute atomic E-state index is 13.2. The Bertz CT molecular complexity index is 1190. The van der Waals surface area contributed by atoms with Gasteiger partial charge in [0.25, 0.3) is 17.4 Å². The molecule has 1 atom stereocenters. The Morgan fingerprint density at radius 2 is 1.84 bits per heavy atom. The Balaban J connectivity index is 1.65. The van der Waals surface area contributed by atoms with Crippen LogP contribution in [0.1, 0.15) is 43.4 Å². The number of carbonyl (C=O) groups is 2.